The van der Waals surface area contributed by atoms with E-state index in [0.717, 1.165) is 59.1 Å². The molecule has 0 unspecified atom stereocenters. The van der Waals surface area contributed by atoms with Crippen LogP contribution >= 0.6 is 0 Å². The third-order valence-electron chi connectivity index (χ3n) is 5.93. The van der Waals surface area contributed by atoms with Gasteiger partial charge in [0.15, 0.2) is 6.61 Å². The van der Waals surface area contributed by atoms with E-state index < -0.39 is 5.97 Å². The van der Waals surface area contributed by atoms with Gasteiger partial charge in [0.05, 0.1) is 11.1 Å². The van der Waals surface area contributed by atoms with E-state index in [9.17, 15) is 9.59 Å². The summed E-state index contributed by atoms with van der Waals surface area (Å²) in [6.45, 7) is 1.76. The van der Waals surface area contributed by atoms with E-state index in [1.165, 1.54) is 0 Å². The summed E-state index contributed by atoms with van der Waals surface area (Å²) in [6, 6.07) is 15.6. The van der Waals surface area contributed by atoms with Crippen LogP contribution in [0.5, 0.6) is 0 Å². The predicted molar refractivity (Wildman–Crippen MR) is 111 cm³/mol. The molecule has 0 radical (unpaired) electrons. The molecule has 5 rings (SSSR count). The number of anilines is 1. The molecule has 0 spiro atoms. The van der Waals surface area contributed by atoms with Gasteiger partial charge in [-0.2, -0.15) is 0 Å². The fourth-order valence-corrected chi connectivity index (χ4v) is 4.66. The Morgan fingerprint density at radius 1 is 1.10 bits per heavy atom. The molecule has 1 atom stereocenters. The van der Waals surface area contributed by atoms with Crippen molar-refractivity contribution in [1.29, 1.82) is 0 Å². The van der Waals surface area contributed by atoms with Gasteiger partial charge in [-0.1, -0.05) is 36.4 Å². The third-order valence-corrected chi connectivity index (χ3v) is 5.93. The van der Waals surface area contributed by atoms with E-state index in [1.807, 2.05) is 55.5 Å². The van der Waals surface area contributed by atoms with Crippen molar-refractivity contribution < 1.29 is 14.3 Å². The summed E-state index contributed by atoms with van der Waals surface area (Å²) in [6.07, 6.45) is 3.50. The van der Waals surface area contributed by atoms with Crippen LogP contribution < -0.4 is 4.90 Å². The van der Waals surface area contributed by atoms with Crippen LogP contribution in [0.15, 0.2) is 48.5 Å². The number of nitrogens with zero attached hydrogens (tertiary/aromatic N) is 2. The molecule has 1 aliphatic carbocycles. The van der Waals surface area contributed by atoms with Gasteiger partial charge in [0.2, 0.25) is 0 Å². The molecule has 2 aromatic carbocycles. The van der Waals surface area contributed by atoms with E-state index in [4.69, 9.17) is 9.72 Å². The fraction of sp³-hybridized carbons (Fsp3) is 0.292. The number of carbonyl (C=O) groups excluding carboxylic acids is 2. The molecule has 2 aliphatic rings. The SMILES string of the molecule is C[C@@H]1Cc2ccccc2N1C(=O)COC(=O)c1c2c(nc3ccccc13)CCC2. The van der Waals surface area contributed by atoms with Crippen molar-refractivity contribution in [3.63, 3.8) is 0 Å². The van der Waals surface area contributed by atoms with Gasteiger partial charge >= 0.3 is 5.97 Å². The number of aryl methyl sites for hydroxylation is 1. The van der Waals surface area contributed by atoms with Gasteiger partial charge < -0.3 is 9.64 Å². The van der Waals surface area contributed by atoms with Gasteiger partial charge in [-0.25, -0.2) is 4.79 Å². The molecule has 1 aliphatic heterocycles. The lowest BCUT2D eigenvalue weighted by Gasteiger charge is -2.22. The van der Waals surface area contributed by atoms with Gasteiger partial charge in [0.25, 0.3) is 5.91 Å². The molecule has 0 saturated carbocycles. The fourth-order valence-electron chi connectivity index (χ4n) is 4.66. The number of carbonyl (C=O) groups is 2. The average Bonchev–Trinajstić information content (AvgIpc) is 3.32. The molecule has 2 heterocycles. The molecular weight excluding hydrogens is 364 g/mol. The monoisotopic (exact) mass is 386 g/mol. The van der Waals surface area contributed by atoms with Crippen LogP contribution in [0.2, 0.25) is 0 Å². The zero-order valence-electron chi connectivity index (χ0n) is 16.4. The van der Waals surface area contributed by atoms with Crippen molar-refractivity contribution in [1.82, 2.24) is 4.98 Å². The van der Waals surface area contributed by atoms with Crippen LogP contribution in [-0.2, 0) is 28.8 Å². The zero-order valence-corrected chi connectivity index (χ0v) is 16.4. The normalized spacial score (nSPS) is 17.3. The Kier molecular flexibility index (Phi) is 4.31. The minimum Gasteiger partial charge on any atom is -0.452 e. The number of amides is 1. The first kappa shape index (κ1) is 17.9. The highest BCUT2D eigenvalue weighted by Crippen LogP contribution is 2.33. The van der Waals surface area contributed by atoms with Crippen LogP contribution in [-0.4, -0.2) is 29.5 Å². The molecule has 0 bridgehead atoms. The van der Waals surface area contributed by atoms with Crippen molar-refractivity contribution in [3.05, 3.63) is 70.9 Å². The van der Waals surface area contributed by atoms with Crippen molar-refractivity contribution in [2.45, 2.75) is 38.6 Å². The van der Waals surface area contributed by atoms with Gasteiger partial charge in [0.1, 0.15) is 0 Å². The van der Waals surface area contributed by atoms with Crippen LogP contribution in [0.4, 0.5) is 5.69 Å². The molecule has 0 fully saturated rings. The highest BCUT2D eigenvalue weighted by Gasteiger charge is 2.32. The molecule has 3 aromatic rings. The summed E-state index contributed by atoms with van der Waals surface area (Å²) in [4.78, 5) is 32.4. The number of ether oxygens (including phenoxy) is 1. The lowest BCUT2D eigenvalue weighted by atomic mass is 10.0. The van der Waals surface area contributed by atoms with E-state index in [2.05, 4.69) is 0 Å². The van der Waals surface area contributed by atoms with E-state index in [1.54, 1.807) is 4.90 Å². The molecular formula is C24H22N2O3. The third kappa shape index (κ3) is 2.97. The predicted octanol–water partition coefficient (Wildman–Crippen LogP) is 3.86. The summed E-state index contributed by atoms with van der Waals surface area (Å²) >= 11 is 0. The first-order chi connectivity index (χ1) is 14.1. The van der Waals surface area contributed by atoms with Gasteiger partial charge in [0, 0.05) is 22.8 Å². The molecule has 5 heteroatoms. The number of fused-ring (bicyclic) bond motifs is 3. The van der Waals surface area contributed by atoms with Crippen LogP contribution in [0.1, 0.15) is 40.5 Å². The van der Waals surface area contributed by atoms with E-state index >= 15 is 0 Å². The summed E-state index contributed by atoms with van der Waals surface area (Å²) in [5.74, 6) is -0.624. The topological polar surface area (TPSA) is 59.5 Å². The standard InChI is InChI=1S/C24H22N2O3/c1-15-13-16-7-2-5-12-21(16)26(15)22(27)14-29-24(28)23-17-8-3-4-10-19(17)25-20-11-6-9-18(20)23/h2-5,7-8,10,12,15H,6,9,11,13-14H2,1H3/t15-/m1/s1. The Balaban J connectivity index is 1.40. The second-order valence-corrected chi connectivity index (χ2v) is 7.80. The van der Waals surface area contributed by atoms with Gasteiger partial charge in [-0.05, 0) is 55.9 Å². The number of pyridine rings is 1. The Labute approximate surface area is 169 Å². The first-order valence-electron chi connectivity index (χ1n) is 10.1. The Hall–Kier alpha value is -3.21. The van der Waals surface area contributed by atoms with Crippen LogP contribution in [0.3, 0.4) is 0 Å². The Morgan fingerprint density at radius 3 is 2.79 bits per heavy atom. The quantitative estimate of drug-likeness (QED) is 0.642. The number of hydrogen-bond acceptors (Lipinski definition) is 4. The zero-order chi connectivity index (χ0) is 20.0. The maximum atomic E-state index is 13.0. The molecule has 0 N–H and O–H groups in total. The minimum absolute atomic E-state index is 0.0598. The summed E-state index contributed by atoms with van der Waals surface area (Å²) in [7, 11) is 0. The molecule has 1 aromatic heterocycles. The number of para-hydroxylation sites is 2. The van der Waals surface area contributed by atoms with Crippen molar-refractivity contribution >= 4 is 28.5 Å². The van der Waals surface area contributed by atoms with Crippen molar-refractivity contribution in [3.8, 4) is 0 Å². The van der Waals surface area contributed by atoms with E-state index in [0.29, 0.717) is 5.56 Å². The largest absolute Gasteiger partial charge is 0.452 e. The summed E-state index contributed by atoms with van der Waals surface area (Å²) in [5, 5.41) is 0.797. The highest BCUT2D eigenvalue weighted by atomic mass is 16.5. The average molecular weight is 386 g/mol. The van der Waals surface area contributed by atoms with E-state index in [-0.39, 0.29) is 18.6 Å². The van der Waals surface area contributed by atoms with Crippen molar-refractivity contribution in [2.75, 3.05) is 11.5 Å². The second-order valence-electron chi connectivity index (χ2n) is 7.80. The summed E-state index contributed by atoms with van der Waals surface area (Å²) in [5.41, 5.74) is 5.39. The highest BCUT2D eigenvalue weighted by molar-refractivity contribution is 6.06. The minimum atomic E-state index is -0.435. The van der Waals surface area contributed by atoms with Crippen LogP contribution in [0.25, 0.3) is 10.9 Å². The van der Waals surface area contributed by atoms with Gasteiger partial charge in [-0.15, -0.1) is 0 Å². The number of benzene rings is 2. The van der Waals surface area contributed by atoms with Crippen LogP contribution in [0, 0.1) is 0 Å². The molecule has 1 amide bonds. The lowest BCUT2D eigenvalue weighted by molar-refractivity contribution is -0.122. The first-order valence-corrected chi connectivity index (χ1v) is 10.1. The number of aromatic nitrogens is 1. The number of esters is 1. The number of rotatable bonds is 3. The maximum Gasteiger partial charge on any atom is 0.339 e. The molecule has 0 saturated heterocycles. The number of hydrogen-bond donors (Lipinski definition) is 0. The molecule has 146 valence electrons. The second kappa shape index (κ2) is 6.99. The summed E-state index contributed by atoms with van der Waals surface area (Å²) < 4.78 is 5.54. The Morgan fingerprint density at radius 2 is 1.90 bits per heavy atom. The Bertz CT molecular complexity index is 1140. The van der Waals surface area contributed by atoms with Crippen molar-refractivity contribution in [2.24, 2.45) is 0 Å². The molecule has 29 heavy (non-hydrogen) atoms. The maximum absolute atomic E-state index is 13.0. The smallest absolute Gasteiger partial charge is 0.339 e. The van der Waals surface area contributed by atoms with Gasteiger partial charge in [-0.3, -0.25) is 9.78 Å². The molecule has 5 nitrogen and oxygen atoms in total. The lowest BCUT2D eigenvalue weighted by Crippen LogP contribution is -2.38.